The molecule has 0 saturated carbocycles. The molecule has 3 atom stereocenters. The van der Waals surface area contributed by atoms with Crippen LogP contribution in [0.3, 0.4) is 0 Å². The maximum atomic E-state index is 14.1. The van der Waals surface area contributed by atoms with Crippen LogP contribution in [-0.2, 0) is 11.2 Å². The van der Waals surface area contributed by atoms with Gasteiger partial charge in [-0.05, 0) is 53.3 Å². The van der Waals surface area contributed by atoms with E-state index in [1.807, 2.05) is 41.3 Å². The summed E-state index contributed by atoms with van der Waals surface area (Å²) in [6, 6.07) is 24.3. The summed E-state index contributed by atoms with van der Waals surface area (Å²) in [4.78, 5) is 21.9. The minimum Gasteiger partial charge on any atom is -0.497 e. The van der Waals surface area contributed by atoms with Gasteiger partial charge in [0.2, 0.25) is 5.91 Å². The number of hydrogen-bond acceptors (Lipinski definition) is 4. The third-order valence-electron chi connectivity index (χ3n) is 7.45. The highest BCUT2D eigenvalue weighted by Crippen LogP contribution is 2.48. The molecule has 2 aliphatic rings. The normalized spacial score (nSPS) is 22.0. The van der Waals surface area contributed by atoms with Gasteiger partial charge < -0.3 is 9.72 Å². The van der Waals surface area contributed by atoms with Gasteiger partial charge in [0.1, 0.15) is 11.2 Å². The molecule has 178 valence electrons. The summed E-state index contributed by atoms with van der Waals surface area (Å²) < 4.78 is 5.41. The zero-order valence-electron chi connectivity index (χ0n) is 20.1. The highest BCUT2D eigenvalue weighted by molar-refractivity contribution is 7.81. The zero-order valence-corrected chi connectivity index (χ0v) is 21.0. The van der Waals surface area contributed by atoms with E-state index < -0.39 is 0 Å². The molecule has 0 spiro atoms. The van der Waals surface area contributed by atoms with Crippen LogP contribution in [0.1, 0.15) is 48.2 Å². The first-order valence-corrected chi connectivity index (χ1v) is 12.6. The first-order chi connectivity index (χ1) is 17.0. The monoisotopic (exact) mass is 483 g/mol. The van der Waals surface area contributed by atoms with Crippen LogP contribution in [0, 0.1) is 0 Å². The van der Waals surface area contributed by atoms with Gasteiger partial charge >= 0.3 is 0 Å². The predicted molar refractivity (Wildman–Crippen MR) is 143 cm³/mol. The molecule has 0 radical (unpaired) electrons. The summed E-state index contributed by atoms with van der Waals surface area (Å²) in [5.41, 5.74) is 6.28. The van der Waals surface area contributed by atoms with Crippen molar-refractivity contribution in [1.82, 2.24) is 9.88 Å². The average Bonchev–Trinajstić information content (AvgIpc) is 3.37. The molecule has 3 aromatic carbocycles. The van der Waals surface area contributed by atoms with E-state index in [9.17, 15) is 4.79 Å². The van der Waals surface area contributed by atoms with Crippen molar-refractivity contribution >= 4 is 35.1 Å². The van der Waals surface area contributed by atoms with Gasteiger partial charge in [-0.1, -0.05) is 62.4 Å². The van der Waals surface area contributed by atoms with Crippen molar-refractivity contribution in [2.24, 2.45) is 0 Å². The second-order valence-corrected chi connectivity index (χ2v) is 10.1. The Morgan fingerprint density at radius 2 is 1.71 bits per heavy atom. The number of carbonyl (C=O) groups excluding carboxylic acids is 1. The highest BCUT2D eigenvalue weighted by Gasteiger charge is 2.52. The number of rotatable bonds is 4. The standard InChI is InChI=1S/C29H29N3O2S/c1-17(2)20-8-5-7-11-24(20)32-28(33)25-16-22-21-9-4-6-10-23(21)30-26(22)27(31(25)29(32)35)18-12-14-19(34-3)15-13-18/h4-15,17,25,27,29-30,35H,16H2,1-3H3. The summed E-state index contributed by atoms with van der Waals surface area (Å²) in [7, 11) is 1.67. The molecule has 3 heterocycles. The lowest BCUT2D eigenvalue weighted by molar-refractivity contribution is -0.120. The van der Waals surface area contributed by atoms with Gasteiger partial charge in [-0.15, -0.1) is 12.6 Å². The number of amides is 1. The maximum absolute atomic E-state index is 14.1. The van der Waals surface area contributed by atoms with E-state index in [0.29, 0.717) is 12.3 Å². The predicted octanol–water partition coefficient (Wildman–Crippen LogP) is 5.88. The molecule has 1 saturated heterocycles. The number of fused-ring (bicyclic) bond motifs is 4. The van der Waals surface area contributed by atoms with Crippen LogP contribution in [0.2, 0.25) is 0 Å². The number of nitrogens with one attached hydrogen (secondary N) is 1. The van der Waals surface area contributed by atoms with Crippen LogP contribution in [-0.4, -0.2) is 34.4 Å². The van der Waals surface area contributed by atoms with Gasteiger partial charge in [0, 0.05) is 22.3 Å². The number of benzene rings is 3. The number of aromatic amines is 1. The van der Waals surface area contributed by atoms with Crippen LogP contribution in [0.4, 0.5) is 5.69 Å². The van der Waals surface area contributed by atoms with Gasteiger partial charge in [-0.25, -0.2) is 4.90 Å². The summed E-state index contributed by atoms with van der Waals surface area (Å²) in [6.07, 6.45) is 0.655. The smallest absolute Gasteiger partial charge is 0.246 e. The quantitative estimate of drug-likeness (QED) is 0.357. The number of aromatic nitrogens is 1. The molecular formula is C29H29N3O2S. The van der Waals surface area contributed by atoms with Gasteiger partial charge in [0.25, 0.3) is 0 Å². The maximum Gasteiger partial charge on any atom is 0.246 e. The SMILES string of the molecule is COc1ccc(C2c3[nH]c4ccccc4c3CC3C(=O)N(c4ccccc4C(C)C)C(S)N32)cc1. The van der Waals surface area contributed by atoms with Crippen LogP contribution < -0.4 is 9.64 Å². The number of hydrogen-bond donors (Lipinski definition) is 2. The number of methoxy groups -OCH3 is 1. The Bertz CT molecular complexity index is 1410. The van der Waals surface area contributed by atoms with E-state index in [2.05, 4.69) is 60.1 Å². The fraction of sp³-hybridized carbons (Fsp3) is 0.276. The number of H-pyrrole nitrogens is 1. The third-order valence-corrected chi connectivity index (χ3v) is 7.94. The van der Waals surface area contributed by atoms with Crippen molar-refractivity contribution in [1.29, 1.82) is 0 Å². The minimum absolute atomic E-state index is 0.104. The second-order valence-electron chi connectivity index (χ2n) is 9.67. The highest BCUT2D eigenvalue weighted by atomic mass is 32.1. The fourth-order valence-corrected chi connectivity index (χ4v) is 6.31. The van der Waals surface area contributed by atoms with E-state index in [0.717, 1.165) is 33.8 Å². The fourth-order valence-electron chi connectivity index (χ4n) is 5.78. The molecule has 0 aliphatic carbocycles. The summed E-state index contributed by atoms with van der Waals surface area (Å²) >= 11 is 5.09. The Kier molecular flexibility index (Phi) is 5.38. The van der Waals surface area contributed by atoms with Crippen molar-refractivity contribution in [3.63, 3.8) is 0 Å². The van der Waals surface area contributed by atoms with Crippen molar-refractivity contribution in [2.75, 3.05) is 12.0 Å². The Balaban J connectivity index is 1.53. The van der Waals surface area contributed by atoms with Gasteiger partial charge in [-0.3, -0.25) is 9.69 Å². The molecule has 5 nitrogen and oxygen atoms in total. The van der Waals surface area contributed by atoms with Crippen molar-refractivity contribution in [3.05, 3.63) is 95.2 Å². The van der Waals surface area contributed by atoms with Crippen LogP contribution in [0.15, 0.2) is 72.8 Å². The molecule has 4 aromatic rings. The van der Waals surface area contributed by atoms with E-state index in [-0.39, 0.29) is 23.5 Å². The van der Waals surface area contributed by atoms with Crippen molar-refractivity contribution in [3.8, 4) is 5.75 Å². The molecule has 1 aromatic heterocycles. The number of thiol groups is 1. The molecule has 35 heavy (non-hydrogen) atoms. The molecule has 2 aliphatic heterocycles. The average molecular weight is 484 g/mol. The first-order valence-electron chi connectivity index (χ1n) is 12.1. The van der Waals surface area contributed by atoms with Crippen LogP contribution in [0.5, 0.6) is 5.75 Å². The van der Waals surface area contributed by atoms with Crippen LogP contribution >= 0.6 is 12.6 Å². The van der Waals surface area contributed by atoms with E-state index in [4.69, 9.17) is 17.4 Å². The molecule has 3 unspecified atom stereocenters. The number of nitrogens with zero attached hydrogens (tertiary/aromatic N) is 2. The number of para-hydroxylation sites is 2. The minimum atomic E-state index is -0.390. The first kappa shape index (κ1) is 22.3. The van der Waals surface area contributed by atoms with E-state index in [1.54, 1.807) is 7.11 Å². The number of ether oxygens (including phenoxy) is 1. The Morgan fingerprint density at radius 3 is 2.46 bits per heavy atom. The topological polar surface area (TPSA) is 48.6 Å². The van der Waals surface area contributed by atoms with Gasteiger partial charge in [0.15, 0.2) is 0 Å². The lowest BCUT2D eigenvalue weighted by atomic mass is 9.89. The van der Waals surface area contributed by atoms with E-state index in [1.165, 1.54) is 10.9 Å². The third kappa shape index (κ3) is 3.39. The summed E-state index contributed by atoms with van der Waals surface area (Å²) in [5, 5.41) is 1.19. The molecular weight excluding hydrogens is 454 g/mol. The van der Waals surface area contributed by atoms with Crippen LogP contribution in [0.25, 0.3) is 10.9 Å². The lowest BCUT2D eigenvalue weighted by Crippen LogP contribution is -2.44. The number of carbonyl (C=O) groups is 1. The lowest BCUT2D eigenvalue weighted by Gasteiger charge is -2.39. The Hall–Kier alpha value is -3.22. The summed E-state index contributed by atoms with van der Waals surface area (Å²) in [6.45, 7) is 4.33. The van der Waals surface area contributed by atoms with Gasteiger partial charge in [-0.2, -0.15) is 0 Å². The zero-order chi connectivity index (χ0) is 24.3. The molecule has 0 bridgehead atoms. The molecule has 1 fully saturated rings. The van der Waals surface area contributed by atoms with Crippen molar-refractivity contribution in [2.45, 2.75) is 43.8 Å². The van der Waals surface area contributed by atoms with E-state index >= 15 is 0 Å². The second kappa shape index (κ2) is 8.47. The van der Waals surface area contributed by atoms with Gasteiger partial charge in [0.05, 0.1) is 19.2 Å². The number of anilines is 1. The Morgan fingerprint density at radius 1 is 1.00 bits per heavy atom. The Labute approximate surface area is 211 Å². The summed E-state index contributed by atoms with van der Waals surface area (Å²) in [5.74, 6) is 1.21. The molecule has 1 N–H and O–H groups in total. The molecule has 1 amide bonds. The van der Waals surface area contributed by atoms with Crippen molar-refractivity contribution < 1.29 is 9.53 Å². The molecule has 6 heteroatoms. The molecule has 6 rings (SSSR count). The largest absolute Gasteiger partial charge is 0.497 e.